The zero-order chi connectivity index (χ0) is 17.9. The third-order valence-electron chi connectivity index (χ3n) is 3.35. The molecule has 0 unspecified atom stereocenters. The Bertz CT molecular complexity index is 738. The van der Waals surface area contributed by atoms with E-state index in [1.165, 1.54) is 6.26 Å². The van der Waals surface area contributed by atoms with Gasteiger partial charge in [0, 0.05) is 31.0 Å². The van der Waals surface area contributed by atoms with Crippen molar-refractivity contribution < 1.29 is 14.0 Å². The summed E-state index contributed by atoms with van der Waals surface area (Å²) in [7, 11) is 0. The molecule has 0 aliphatic heterocycles. The average molecular weight is 357 g/mol. The molecule has 2 N–H and O–H groups in total. The van der Waals surface area contributed by atoms with E-state index in [0.29, 0.717) is 12.1 Å². The van der Waals surface area contributed by atoms with E-state index >= 15 is 0 Å². The number of rotatable bonds is 9. The van der Waals surface area contributed by atoms with Crippen molar-refractivity contribution in [2.24, 2.45) is 0 Å². The quantitative estimate of drug-likeness (QED) is 0.672. The summed E-state index contributed by atoms with van der Waals surface area (Å²) in [6, 6.07) is 12.9. The monoisotopic (exact) mass is 357 g/mol. The van der Waals surface area contributed by atoms with Crippen molar-refractivity contribution >= 4 is 23.6 Å². The van der Waals surface area contributed by atoms with Crippen molar-refractivity contribution in [1.82, 2.24) is 10.6 Å². The van der Waals surface area contributed by atoms with Gasteiger partial charge in [0.25, 0.3) is 5.91 Å². The van der Waals surface area contributed by atoms with Crippen LogP contribution in [0.1, 0.15) is 28.1 Å². The molecule has 0 atom stereocenters. The minimum atomic E-state index is -0.329. The van der Waals surface area contributed by atoms with E-state index in [9.17, 15) is 9.59 Å². The Morgan fingerprint density at radius 3 is 2.72 bits per heavy atom. The van der Waals surface area contributed by atoms with E-state index < -0.39 is 0 Å². The summed E-state index contributed by atoms with van der Waals surface area (Å²) in [5.74, 6) is 1.28. The van der Waals surface area contributed by atoms with Gasteiger partial charge in [-0.1, -0.05) is 18.2 Å². The molecule has 0 saturated heterocycles. The zero-order valence-corrected chi connectivity index (χ0v) is 14.5. The highest BCUT2D eigenvalue weighted by molar-refractivity contribution is 7.98. The average Bonchev–Trinajstić information content (AvgIpc) is 3.16. The zero-order valence-electron chi connectivity index (χ0n) is 13.7. The topological polar surface area (TPSA) is 95.1 Å². The van der Waals surface area contributed by atoms with Crippen molar-refractivity contribution in [1.29, 1.82) is 5.26 Å². The van der Waals surface area contributed by atoms with Crippen LogP contribution in [0.15, 0.2) is 47.1 Å². The number of benzene rings is 1. The number of nitriles is 1. The molecule has 0 spiro atoms. The molecule has 1 aromatic carbocycles. The fourth-order valence-corrected chi connectivity index (χ4v) is 2.94. The lowest BCUT2D eigenvalue weighted by atomic mass is 10.1. The summed E-state index contributed by atoms with van der Waals surface area (Å²) in [4.78, 5) is 23.3. The van der Waals surface area contributed by atoms with Gasteiger partial charge in [-0.2, -0.15) is 17.0 Å². The summed E-state index contributed by atoms with van der Waals surface area (Å²) in [5, 5.41) is 14.5. The first-order valence-corrected chi connectivity index (χ1v) is 9.00. The van der Waals surface area contributed by atoms with Crippen molar-refractivity contribution in [2.45, 2.75) is 12.2 Å². The molecule has 0 fully saturated rings. The smallest absolute Gasteiger partial charge is 0.286 e. The number of carbonyl (C=O) groups is 2. The Kier molecular flexibility index (Phi) is 7.60. The molecule has 0 saturated carbocycles. The summed E-state index contributed by atoms with van der Waals surface area (Å²) >= 11 is 1.66. The molecule has 0 aliphatic carbocycles. The standard InChI is InChI=1S/C18H19N3O3S/c19-12-14-4-1-2-5-15(14)13-25-11-9-20-17(22)7-8-21-18(23)16-6-3-10-24-16/h1-6,10H,7-9,11,13H2,(H,20,22)(H,21,23). The van der Waals surface area contributed by atoms with Crippen LogP contribution in [-0.2, 0) is 10.5 Å². The molecule has 2 rings (SSSR count). The number of thioether (sulfide) groups is 1. The predicted octanol–water partition coefficient (Wildman–Crippen LogP) is 2.32. The second kappa shape index (κ2) is 10.2. The van der Waals surface area contributed by atoms with Crippen LogP contribution >= 0.6 is 11.8 Å². The molecule has 1 heterocycles. The molecule has 130 valence electrons. The molecule has 0 aliphatic rings. The lowest BCUT2D eigenvalue weighted by molar-refractivity contribution is -0.120. The van der Waals surface area contributed by atoms with Crippen molar-refractivity contribution in [3.63, 3.8) is 0 Å². The van der Waals surface area contributed by atoms with Gasteiger partial charge in [-0.05, 0) is 23.8 Å². The van der Waals surface area contributed by atoms with Gasteiger partial charge in [0.1, 0.15) is 0 Å². The van der Waals surface area contributed by atoms with Crippen LogP contribution in [0.5, 0.6) is 0 Å². The largest absolute Gasteiger partial charge is 0.459 e. The van der Waals surface area contributed by atoms with Crippen LogP contribution in [0, 0.1) is 11.3 Å². The van der Waals surface area contributed by atoms with E-state index in [1.54, 1.807) is 30.0 Å². The predicted molar refractivity (Wildman–Crippen MR) is 96.0 cm³/mol. The van der Waals surface area contributed by atoms with Gasteiger partial charge in [0.05, 0.1) is 17.9 Å². The molecule has 2 aromatic rings. The Balaban J connectivity index is 1.55. The van der Waals surface area contributed by atoms with Gasteiger partial charge in [0.15, 0.2) is 5.76 Å². The Morgan fingerprint density at radius 1 is 1.12 bits per heavy atom. The van der Waals surface area contributed by atoms with Gasteiger partial charge in [0.2, 0.25) is 5.91 Å². The van der Waals surface area contributed by atoms with E-state index in [-0.39, 0.29) is 30.5 Å². The minimum Gasteiger partial charge on any atom is -0.459 e. The Morgan fingerprint density at radius 2 is 1.96 bits per heavy atom. The summed E-state index contributed by atoms with van der Waals surface area (Å²) in [6.45, 7) is 0.804. The molecular formula is C18H19N3O3S. The Hall–Kier alpha value is -2.72. The highest BCUT2D eigenvalue weighted by atomic mass is 32.2. The van der Waals surface area contributed by atoms with Crippen molar-refractivity contribution in [2.75, 3.05) is 18.8 Å². The van der Waals surface area contributed by atoms with Gasteiger partial charge >= 0.3 is 0 Å². The maximum atomic E-state index is 11.7. The van der Waals surface area contributed by atoms with E-state index in [4.69, 9.17) is 9.68 Å². The number of nitrogens with one attached hydrogen (secondary N) is 2. The number of amides is 2. The van der Waals surface area contributed by atoms with Crippen LogP contribution < -0.4 is 10.6 Å². The number of hydrogen-bond donors (Lipinski definition) is 2. The fourth-order valence-electron chi connectivity index (χ4n) is 2.07. The van der Waals surface area contributed by atoms with Crippen LogP contribution in [-0.4, -0.2) is 30.7 Å². The molecule has 25 heavy (non-hydrogen) atoms. The first kappa shape index (κ1) is 18.6. The van der Waals surface area contributed by atoms with Crippen molar-refractivity contribution in [3.05, 3.63) is 59.5 Å². The van der Waals surface area contributed by atoms with Gasteiger partial charge in [-0.15, -0.1) is 0 Å². The Labute approximate surface area is 150 Å². The minimum absolute atomic E-state index is 0.113. The molecular weight excluding hydrogens is 338 g/mol. The second-order valence-electron chi connectivity index (χ2n) is 5.15. The van der Waals surface area contributed by atoms with Crippen LogP contribution in [0.4, 0.5) is 0 Å². The highest BCUT2D eigenvalue weighted by Gasteiger charge is 2.08. The third kappa shape index (κ3) is 6.36. The van der Waals surface area contributed by atoms with Crippen LogP contribution in [0.3, 0.4) is 0 Å². The SMILES string of the molecule is N#Cc1ccccc1CSCCNC(=O)CCNC(=O)c1ccco1. The van der Waals surface area contributed by atoms with E-state index in [2.05, 4.69) is 16.7 Å². The van der Waals surface area contributed by atoms with Crippen LogP contribution in [0.2, 0.25) is 0 Å². The summed E-state index contributed by atoms with van der Waals surface area (Å²) in [6.07, 6.45) is 1.64. The summed E-state index contributed by atoms with van der Waals surface area (Å²) < 4.78 is 4.96. The maximum Gasteiger partial charge on any atom is 0.286 e. The normalized spacial score (nSPS) is 10.0. The number of carbonyl (C=O) groups excluding carboxylic acids is 2. The first-order chi connectivity index (χ1) is 12.2. The van der Waals surface area contributed by atoms with Gasteiger partial charge in [-0.25, -0.2) is 0 Å². The maximum absolute atomic E-state index is 11.7. The fraction of sp³-hybridized carbons (Fsp3) is 0.278. The lowest BCUT2D eigenvalue weighted by Gasteiger charge is -2.07. The van der Waals surface area contributed by atoms with E-state index in [0.717, 1.165) is 17.1 Å². The van der Waals surface area contributed by atoms with Gasteiger partial charge < -0.3 is 15.1 Å². The molecule has 6 nitrogen and oxygen atoms in total. The number of furan rings is 1. The van der Waals surface area contributed by atoms with E-state index in [1.807, 2.05) is 18.2 Å². The molecule has 1 aromatic heterocycles. The van der Waals surface area contributed by atoms with Crippen molar-refractivity contribution in [3.8, 4) is 6.07 Å². The second-order valence-corrected chi connectivity index (χ2v) is 6.26. The van der Waals surface area contributed by atoms with Crippen LogP contribution in [0.25, 0.3) is 0 Å². The highest BCUT2D eigenvalue weighted by Crippen LogP contribution is 2.15. The molecule has 2 amide bonds. The number of hydrogen-bond acceptors (Lipinski definition) is 5. The van der Waals surface area contributed by atoms with Gasteiger partial charge in [-0.3, -0.25) is 9.59 Å². The molecule has 0 bridgehead atoms. The number of nitrogens with zero attached hydrogens (tertiary/aromatic N) is 1. The lowest BCUT2D eigenvalue weighted by Crippen LogP contribution is -2.31. The third-order valence-corrected chi connectivity index (χ3v) is 4.35. The first-order valence-electron chi connectivity index (χ1n) is 7.85. The summed E-state index contributed by atoms with van der Waals surface area (Å²) in [5.41, 5.74) is 1.69. The molecule has 7 heteroatoms. The molecule has 0 radical (unpaired) electrons.